The van der Waals surface area contributed by atoms with E-state index in [1.54, 1.807) is 0 Å². The van der Waals surface area contributed by atoms with Gasteiger partial charge in [-0.25, -0.2) is 13.6 Å². The zero-order valence-electron chi connectivity index (χ0n) is 12.4. The smallest absolute Gasteiger partial charge is 0.295 e. The number of hydrogen-bond acceptors (Lipinski definition) is 9. The molecule has 0 atom stereocenters. The summed E-state index contributed by atoms with van der Waals surface area (Å²) in [6.45, 7) is 0.424. The number of fused-ring (bicyclic) bond motifs is 1. The summed E-state index contributed by atoms with van der Waals surface area (Å²) in [4.78, 5) is 24.4. The summed E-state index contributed by atoms with van der Waals surface area (Å²) in [7, 11) is -8.51. The van der Waals surface area contributed by atoms with E-state index in [0.717, 1.165) is 6.07 Å². The second-order valence-electron chi connectivity index (χ2n) is 4.74. The molecule has 0 saturated carbocycles. The van der Waals surface area contributed by atoms with Gasteiger partial charge in [0.05, 0.1) is 10.6 Å². The van der Waals surface area contributed by atoms with Crippen molar-refractivity contribution in [2.75, 3.05) is 11.9 Å². The van der Waals surface area contributed by atoms with Crippen molar-refractivity contribution in [3.05, 3.63) is 27.8 Å². The number of carbonyl (C=O) groups excluding carboxylic acids is 1. The van der Waals surface area contributed by atoms with Crippen molar-refractivity contribution in [1.82, 2.24) is 5.32 Å². The number of hydrogen-bond donors (Lipinski definition) is 3. The molecule has 4 N–H and O–H groups in total. The molecule has 0 aliphatic carbocycles. The average molecular weight is 393 g/mol. The van der Waals surface area contributed by atoms with Crippen LogP contribution in [0.2, 0.25) is 0 Å². The molecule has 136 valence electrons. The van der Waals surface area contributed by atoms with Gasteiger partial charge in [0, 0.05) is 0 Å². The van der Waals surface area contributed by atoms with Gasteiger partial charge in [0.25, 0.3) is 21.0 Å². The number of nitrogens with two attached hydrogens (primary N) is 1. The molecular weight excluding hydrogens is 382 g/mol. The molecule has 0 fully saturated rings. The summed E-state index contributed by atoms with van der Waals surface area (Å²) >= 11 is 0. The zero-order chi connectivity index (χ0) is 19.0. The summed E-state index contributed by atoms with van der Waals surface area (Å²) < 4.78 is 50.6. The lowest BCUT2D eigenvalue weighted by molar-refractivity contribution is -0.754. The fourth-order valence-corrected chi connectivity index (χ4v) is 3.89. The number of benzene rings is 1. The van der Waals surface area contributed by atoms with Crippen LogP contribution in [0, 0.1) is 17.0 Å². The number of guanidine groups is 1. The maximum absolute atomic E-state index is 12.2. The van der Waals surface area contributed by atoms with Crippen LogP contribution in [-0.4, -0.2) is 40.4 Å². The van der Waals surface area contributed by atoms with Gasteiger partial charge in [-0.2, -0.15) is 8.42 Å². The van der Waals surface area contributed by atoms with Gasteiger partial charge in [-0.3, -0.25) is 10.1 Å². The van der Waals surface area contributed by atoms with E-state index in [2.05, 4.69) is 14.6 Å². The maximum atomic E-state index is 12.2. The third kappa shape index (κ3) is 4.20. The third-order valence-electron chi connectivity index (χ3n) is 2.88. The molecule has 1 aliphatic heterocycles. The predicted octanol–water partition coefficient (Wildman–Crippen LogP) is -1.56. The Morgan fingerprint density at radius 1 is 1.48 bits per heavy atom. The number of nitrogens with one attached hydrogen (secondary N) is 2. The van der Waals surface area contributed by atoms with Gasteiger partial charge in [0.15, 0.2) is 6.61 Å². The van der Waals surface area contributed by atoms with Crippen LogP contribution in [-0.2, 0) is 29.7 Å². The molecule has 1 aromatic rings. The molecule has 2 rings (SSSR count). The van der Waals surface area contributed by atoms with Crippen LogP contribution in [0.3, 0.4) is 0 Å². The van der Waals surface area contributed by atoms with Crippen LogP contribution in [0.15, 0.2) is 26.3 Å². The lowest BCUT2D eigenvalue weighted by Crippen LogP contribution is -2.40. The lowest BCUT2D eigenvalue weighted by atomic mass is 10.2. The molecule has 13 nitrogen and oxygen atoms in total. The van der Waals surface area contributed by atoms with E-state index < -0.39 is 53.4 Å². The van der Waals surface area contributed by atoms with Gasteiger partial charge in [-0.15, -0.1) is 14.5 Å². The molecule has 1 amide bonds. The number of aryl methyl sites for hydroxylation is 1. The van der Waals surface area contributed by atoms with Crippen molar-refractivity contribution < 1.29 is 31.6 Å². The topological polar surface area (TPSA) is 200 Å². The van der Waals surface area contributed by atoms with Crippen molar-refractivity contribution >= 4 is 37.6 Å². The zero-order valence-corrected chi connectivity index (χ0v) is 14.0. The van der Waals surface area contributed by atoms with E-state index in [1.165, 1.54) is 13.0 Å². The van der Waals surface area contributed by atoms with Crippen LogP contribution >= 0.6 is 0 Å². The number of amides is 1. The highest BCUT2D eigenvalue weighted by Gasteiger charge is 2.29. The molecule has 1 aromatic carbocycles. The molecule has 0 aromatic heterocycles. The highest BCUT2D eigenvalue weighted by atomic mass is 32.2. The van der Waals surface area contributed by atoms with E-state index in [0.29, 0.717) is 0 Å². The predicted molar refractivity (Wildman–Crippen MR) is 81.9 cm³/mol. The minimum absolute atomic E-state index is 0.0506. The van der Waals surface area contributed by atoms with E-state index in [-0.39, 0.29) is 11.3 Å². The minimum atomic E-state index is -4.35. The Kier molecular flexibility index (Phi) is 4.65. The molecule has 1 heterocycles. The molecule has 25 heavy (non-hydrogen) atoms. The standard InChI is InChI=1S/C10H11N5O8S2/c1-5-2-6-8(3-7(5)24(11,19)20)25(21,22)14-10(12-6)13-9(16)4-23-15(17)18/h2-3H,4H2,1H3,(H2,11,19,20)(H2,12,13,14,16). The number of rotatable bonds is 4. The molecule has 0 unspecified atom stereocenters. The number of nitrogens with zero attached hydrogens (tertiary/aromatic N) is 2. The highest BCUT2D eigenvalue weighted by Crippen LogP contribution is 2.31. The Bertz CT molecular complexity index is 998. The second-order valence-corrected chi connectivity index (χ2v) is 7.85. The Hall–Kier alpha value is -2.78. The van der Waals surface area contributed by atoms with Crippen molar-refractivity contribution in [2.45, 2.75) is 16.7 Å². The molecule has 0 spiro atoms. The Balaban J connectivity index is 2.36. The molecular formula is C10H11N5O8S2. The summed E-state index contributed by atoms with van der Waals surface area (Å²) in [6.07, 6.45) is 0. The van der Waals surface area contributed by atoms with Crippen molar-refractivity contribution in [3.63, 3.8) is 0 Å². The number of carbonyl (C=O) groups is 1. The number of anilines is 1. The Labute approximate surface area is 141 Å². The van der Waals surface area contributed by atoms with E-state index in [9.17, 15) is 31.7 Å². The SMILES string of the molecule is Cc1cc2c(cc1S(N)(=O)=O)S(=O)(=O)N=C(NC(=O)CO[N+](=O)[O-])N2. The van der Waals surface area contributed by atoms with Crippen LogP contribution in [0.5, 0.6) is 0 Å². The van der Waals surface area contributed by atoms with Gasteiger partial charge in [-0.05, 0) is 24.6 Å². The van der Waals surface area contributed by atoms with Gasteiger partial charge < -0.3 is 10.2 Å². The quantitative estimate of drug-likeness (QED) is 0.399. The first-order valence-corrected chi connectivity index (χ1v) is 9.25. The second kappa shape index (κ2) is 6.26. The van der Waals surface area contributed by atoms with Gasteiger partial charge in [-0.1, -0.05) is 0 Å². The normalized spacial score (nSPS) is 15.4. The maximum Gasteiger partial charge on any atom is 0.295 e. The Morgan fingerprint density at radius 2 is 2.12 bits per heavy atom. The van der Waals surface area contributed by atoms with Crippen LogP contribution in [0.4, 0.5) is 5.69 Å². The average Bonchev–Trinajstić information content (AvgIpc) is 2.42. The van der Waals surface area contributed by atoms with Crippen LogP contribution < -0.4 is 15.8 Å². The minimum Gasteiger partial charge on any atom is -0.324 e. The Morgan fingerprint density at radius 3 is 2.68 bits per heavy atom. The fraction of sp³-hybridized carbons (Fsp3) is 0.200. The largest absolute Gasteiger partial charge is 0.324 e. The summed E-state index contributed by atoms with van der Waals surface area (Å²) in [6, 6.07) is 2.04. The highest BCUT2D eigenvalue weighted by molar-refractivity contribution is 7.91. The number of sulfonamides is 2. The van der Waals surface area contributed by atoms with Gasteiger partial charge in [0.1, 0.15) is 4.90 Å². The van der Waals surface area contributed by atoms with E-state index in [4.69, 9.17) is 5.14 Å². The first-order valence-electron chi connectivity index (χ1n) is 6.27. The first-order chi connectivity index (χ1) is 11.4. The van der Waals surface area contributed by atoms with Crippen LogP contribution in [0.1, 0.15) is 5.56 Å². The van der Waals surface area contributed by atoms with Crippen molar-refractivity contribution in [3.8, 4) is 0 Å². The van der Waals surface area contributed by atoms with Gasteiger partial charge >= 0.3 is 0 Å². The summed E-state index contributed by atoms with van der Waals surface area (Å²) in [5, 5.41) is 18.3. The molecule has 15 heteroatoms. The van der Waals surface area contributed by atoms with Crippen LogP contribution in [0.25, 0.3) is 0 Å². The van der Waals surface area contributed by atoms with E-state index in [1.807, 2.05) is 5.32 Å². The molecule has 0 bridgehead atoms. The summed E-state index contributed by atoms with van der Waals surface area (Å²) in [5.41, 5.74) is 0.110. The molecule has 0 radical (unpaired) electrons. The number of primary sulfonamides is 1. The monoisotopic (exact) mass is 393 g/mol. The van der Waals surface area contributed by atoms with Crippen molar-refractivity contribution in [1.29, 1.82) is 0 Å². The van der Waals surface area contributed by atoms with Gasteiger partial charge in [0.2, 0.25) is 16.0 Å². The van der Waals surface area contributed by atoms with Crippen molar-refractivity contribution in [2.24, 2.45) is 9.54 Å². The van der Waals surface area contributed by atoms with E-state index >= 15 is 0 Å². The summed E-state index contributed by atoms with van der Waals surface area (Å²) in [5.74, 6) is -1.55. The molecule has 1 aliphatic rings. The first kappa shape index (κ1) is 18.6. The lowest BCUT2D eigenvalue weighted by Gasteiger charge is -2.20. The molecule has 0 saturated heterocycles. The fourth-order valence-electron chi connectivity index (χ4n) is 1.94. The third-order valence-corrected chi connectivity index (χ3v) is 5.25.